The minimum Gasteiger partial charge on any atom is -0.508 e. The summed E-state index contributed by atoms with van der Waals surface area (Å²) in [7, 11) is 0. The van der Waals surface area contributed by atoms with Gasteiger partial charge in [0.15, 0.2) is 5.79 Å². The minimum absolute atomic E-state index is 0.00512. The second-order valence-electron chi connectivity index (χ2n) is 21.3. The number of aromatic hydroxyl groups is 1. The second kappa shape index (κ2) is 21.3. The van der Waals surface area contributed by atoms with Gasteiger partial charge in [-0.3, -0.25) is 4.79 Å². The predicted molar refractivity (Wildman–Crippen MR) is 265 cm³/mol. The highest BCUT2D eigenvalue weighted by molar-refractivity contribution is 5.74. The van der Waals surface area contributed by atoms with E-state index in [1.54, 1.807) is 0 Å². The summed E-state index contributed by atoms with van der Waals surface area (Å²) in [6, 6.07) is 23.2. The van der Waals surface area contributed by atoms with E-state index in [9.17, 15) is 34.8 Å². The second-order valence-corrected chi connectivity index (χ2v) is 21.3. The molecule has 1 spiro atoms. The van der Waals surface area contributed by atoms with Gasteiger partial charge >= 0.3 is 5.97 Å². The number of unbranched alkanes of at least 4 members (excludes halogenated alkanes) is 4. The quantitative estimate of drug-likeness (QED) is 0.0345. The van der Waals surface area contributed by atoms with Crippen molar-refractivity contribution in [1.29, 1.82) is 0 Å². The maximum Gasteiger partial charge on any atom is 0.308 e. The molecule has 0 radical (unpaired) electrons. The van der Waals surface area contributed by atoms with Crippen LogP contribution in [0.2, 0.25) is 0 Å². The van der Waals surface area contributed by atoms with Crippen molar-refractivity contribution in [1.82, 2.24) is 0 Å². The van der Waals surface area contributed by atoms with Gasteiger partial charge in [-0.25, -0.2) is 0 Å². The van der Waals surface area contributed by atoms with Crippen LogP contribution in [-0.4, -0.2) is 51.3 Å². The number of nitrogens with two attached hydrogens (primary N) is 1. The maximum absolute atomic E-state index is 14.2. The third-order valence-electron chi connectivity index (χ3n) is 17.3. The van der Waals surface area contributed by atoms with Crippen LogP contribution in [0.15, 0.2) is 90.0 Å². The Hall–Kier alpha value is -4.63. The molecule has 0 unspecified atom stereocenters. The number of aliphatic hydroxyl groups is 2. The Labute approximate surface area is 398 Å². The van der Waals surface area contributed by atoms with Gasteiger partial charge in [-0.1, -0.05) is 135 Å². The van der Waals surface area contributed by atoms with Gasteiger partial charge in [0.25, 0.3) is 0 Å². The van der Waals surface area contributed by atoms with Crippen LogP contribution in [0.25, 0.3) is 12.2 Å². The van der Waals surface area contributed by atoms with E-state index in [2.05, 4.69) is 79.7 Å². The van der Waals surface area contributed by atoms with Crippen LogP contribution in [0.5, 0.6) is 5.75 Å². The number of rotatable bonds is 19. The van der Waals surface area contributed by atoms with E-state index in [1.165, 1.54) is 16.4 Å². The smallest absolute Gasteiger partial charge is 0.308 e. The number of carbonyl (C=O) groups excluding carboxylic acids is 2. The van der Waals surface area contributed by atoms with Crippen molar-refractivity contribution >= 4 is 30.7 Å². The third-order valence-corrected chi connectivity index (χ3v) is 17.3. The highest BCUT2D eigenvalue weighted by Crippen LogP contribution is 2.57. The Morgan fingerprint density at radius 1 is 0.836 bits per heavy atom. The summed E-state index contributed by atoms with van der Waals surface area (Å²) < 4.78 is 0. The van der Waals surface area contributed by atoms with E-state index in [4.69, 9.17) is 5.73 Å². The van der Waals surface area contributed by atoms with Crippen LogP contribution in [0.3, 0.4) is 0 Å². The number of aldehydes is 2. The summed E-state index contributed by atoms with van der Waals surface area (Å²) in [5.41, 5.74) is 11.1. The van der Waals surface area contributed by atoms with Crippen molar-refractivity contribution in [2.24, 2.45) is 47.2 Å². The van der Waals surface area contributed by atoms with Gasteiger partial charge in [-0.05, 0) is 159 Å². The predicted octanol–water partition coefficient (Wildman–Crippen LogP) is 9.31. The third kappa shape index (κ3) is 10.4. The van der Waals surface area contributed by atoms with E-state index in [0.29, 0.717) is 44.3 Å². The molecule has 0 aromatic heterocycles. The number of carbonyl (C=O) groups is 3. The van der Waals surface area contributed by atoms with Crippen molar-refractivity contribution in [2.45, 2.75) is 152 Å². The van der Waals surface area contributed by atoms with Crippen molar-refractivity contribution in [3.8, 4) is 5.75 Å². The van der Waals surface area contributed by atoms with E-state index in [1.807, 2.05) is 18.2 Å². The molecule has 4 bridgehead atoms. The Kier molecular flexibility index (Phi) is 15.5. The Morgan fingerprint density at radius 3 is 2.37 bits per heavy atom. The first-order valence-electron chi connectivity index (χ1n) is 25.8. The molecule has 358 valence electrons. The number of fused-ring (bicyclic) bond motifs is 6. The van der Waals surface area contributed by atoms with E-state index in [0.717, 1.165) is 130 Å². The lowest BCUT2D eigenvalue weighted by Gasteiger charge is -2.52. The van der Waals surface area contributed by atoms with Crippen molar-refractivity contribution in [2.75, 3.05) is 6.54 Å². The van der Waals surface area contributed by atoms with Gasteiger partial charge in [0.1, 0.15) is 18.3 Å². The lowest BCUT2D eigenvalue weighted by molar-refractivity contribution is -0.212. The summed E-state index contributed by atoms with van der Waals surface area (Å²) in [4.78, 5) is 38.9. The number of aryl methyl sites for hydroxylation is 1. The molecule has 3 aromatic carbocycles. The molecule has 0 amide bonds. The van der Waals surface area contributed by atoms with E-state index < -0.39 is 35.4 Å². The van der Waals surface area contributed by atoms with E-state index in [-0.39, 0.29) is 35.0 Å². The topological polar surface area (TPSA) is 158 Å². The highest BCUT2D eigenvalue weighted by atomic mass is 16.5. The SMILES string of the molecule is CCCCCc1cc([C@]23CC/C(=C/[C@@H](C(O)(O)CC=O)[C@@H](C(=O)O)[C@]4(CC[C@@H]5C=c6ccccc6=C[C@@H]5C4)c4cccc(c4)C2)C[C@H]3CCCCC[C@H](C=O)[C@@H]2C=C(CCN)CC2)ccc1O. The number of hydrogen-bond acceptors (Lipinski definition) is 7. The molecule has 0 aliphatic heterocycles. The molecule has 6 N–H and O–H groups in total. The summed E-state index contributed by atoms with van der Waals surface area (Å²) in [5, 5.41) is 49.4. The van der Waals surface area contributed by atoms with Gasteiger partial charge in [0.2, 0.25) is 0 Å². The lowest BCUT2D eigenvalue weighted by atomic mass is 9.52. The number of benzene rings is 3. The number of hydrogen-bond donors (Lipinski definition) is 5. The Bertz CT molecular complexity index is 2430. The number of phenols is 1. The van der Waals surface area contributed by atoms with Gasteiger partial charge in [0.05, 0.1) is 12.3 Å². The first-order chi connectivity index (χ1) is 32.4. The number of phenolic OH excluding ortho intramolecular Hbond substituents is 1. The number of allylic oxidation sites excluding steroid dienone is 2. The zero-order valence-electron chi connectivity index (χ0n) is 39.8. The molecule has 2 fully saturated rings. The number of aliphatic carboxylic acids is 1. The fourth-order valence-electron chi connectivity index (χ4n) is 13.8. The van der Waals surface area contributed by atoms with Gasteiger partial charge in [-0.2, -0.15) is 0 Å². The zero-order chi connectivity index (χ0) is 47.2. The number of carboxylic acids is 1. The minimum atomic E-state index is -2.60. The Morgan fingerprint density at radius 2 is 1.63 bits per heavy atom. The van der Waals surface area contributed by atoms with Crippen LogP contribution in [0, 0.1) is 41.4 Å². The monoisotopic (exact) mass is 910 g/mol. The van der Waals surface area contributed by atoms with Gasteiger partial charge in [-0.15, -0.1) is 0 Å². The summed E-state index contributed by atoms with van der Waals surface area (Å²) >= 11 is 0. The molecule has 9 rings (SSSR count). The summed E-state index contributed by atoms with van der Waals surface area (Å²) in [6.45, 7) is 2.83. The first-order valence-corrected chi connectivity index (χ1v) is 25.8. The van der Waals surface area contributed by atoms with Crippen LogP contribution < -0.4 is 16.2 Å². The summed E-state index contributed by atoms with van der Waals surface area (Å²) in [6.07, 6.45) is 26.0. The van der Waals surface area contributed by atoms with Crippen LogP contribution >= 0.6 is 0 Å². The maximum atomic E-state index is 14.2. The molecule has 6 aliphatic carbocycles. The first kappa shape index (κ1) is 48.8. The molecule has 9 atom stereocenters. The largest absolute Gasteiger partial charge is 0.508 e. The van der Waals surface area contributed by atoms with Crippen molar-refractivity contribution < 1.29 is 34.8 Å². The normalized spacial score (nSPS) is 29.1. The van der Waals surface area contributed by atoms with E-state index >= 15 is 0 Å². The molecule has 2 saturated carbocycles. The van der Waals surface area contributed by atoms with Crippen LogP contribution in [0.4, 0.5) is 0 Å². The molecule has 3 aromatic rings. The molecule has 8 nitrogen and oxygen atoms in total. The lowest BCUT2D eigenvalue weighted by Crippen LogP contribution is -2.55. The molecule has 67 heavy (non-hydrogen) atoms. The number of carboxylic acid groups (broad SMARTS) is 1. The Balaban J connectivity index is 1.21. The molecular weight excluding hydrogens is 835 g/mol. The molecule has 8 heteroatoms. The average molecular weight is 910 g/mol. The van der Waals surface area contributed by atoms with Gasteiger partial charge in [0, 0.05) is 22.7 Å². The zero-order valence-corrected chi connectivity index (χ0v) is 39.8. The molecular formula is C59H75NO7. The average Bonchev–Trinajstić information content (AvgIpc) is 3.78. The van der Waals surface area contributed by atoms with Crippen molar-refractivity contribution in [3.05, 3.63) is 123 Å². The van der Waals surface area contributed by atoms with Crippen LogP contribution in [-0.2, 0) is 38.1 Å². The fourth-order valence-corrected chi connectivity index (χ4v) is 13.8. The fraction of sp³-hybridized carbons (Fsp3) is 0.542. The highest BCUT2D eigenvalue weighted by Gasteiger charge is 2.57. The van der Waals surface area contributed by atoms with Crippen molar-refractivity contribution in [3.63, 3.8) is 0 Å². The molecule has 6 aliphatic rings. The molecule has 0 heterocycles. The van der Waals surface area contributed by atoms with Gasteiger partial charge < -0.3 is 35.7 Å². The molecule has 0 saturated heterocycles. The standard InChI is InChI=1S/C59H75NO7/c1-2-3-5-14-47-36-52(20-21-54(47)63)57-25-22-41(31-50(57)16-7-4-6-15-48(39-62)45-19-18-40(30-45)24-28-60)33-53(59(66,67)27-29-61)55(56(64)65)58(51-17-10-11-42(32-51)37-57)26-23-46-34-43-12-8-9-13-44(43)35-49(46)38-58/h8-13,17,20-21,29-30,32-36,39,45-46,48-50,53,55,63,66-67H,2-7,14-16,18-19,22-28,31,37-38,60H2,1H3,(H,64,65)/b41-33-/t45-,46+,48+,49+,50+,53+,55-,57+,58-/m0/s1. The van der Waals surface area contributed by atoms with Crippen LogP contribution in [0.1, 0.15) is 145 Å². The summed E-state index contributed by atoms with van der Waals surface area (Å²) in [5.74, 6) is -5.18.